The second-order valence-corrected chi connectivity index (χ2v) is 5.57. The summed E-state index contributed by atoms with van der Waals surface area (Å²) < 4.78 is 7.05. The second-order valence-electron chi connectivity index (χ2n) is 5.57. The quantitative estimate of drug-likeness (QED) is 0.450. The minimum absolute atomic E-state index is 0.116. The van der Waals surface area contributed by atoms with E-state index in [4.69, 9.17) is 4.74 Å². The highest BCUT2D eigenvalue weighted by Gasteiger charge is 2.15. The SMILES string of the molecule is CCCNC(=O)COC(=O)/C(C#N)=C/c1cc(C)n(CCC)c1C. The summed E-state index contributed by atoms with van der Waals surface area (Å²) in [6.07, 6.45) is 3.32. The number of carbonyl (C=O) groups excluding carboxylic acids is 2. The number of ether oxygens (including phenoxy) is 1. The number of aromatic nitrogens is 1. The molecule has 0 bridgehead atoms. The van der Waals surface area contributed by atoms with Gasteiger partial charge in [0.25, 0.3) is 5.91 Å². The number of amides is 1. The van der Waals surface area contributed by atoms with Crippen molar-refractivity contribution in [2.45, 2.75) is 47.1 Å². The molecule has 1 N–H and O–H groups in total. The second kappa shape index (κ2) is 9.56. The van der Waals surface area contributed by atoms with Gasteiger partial charge < -0.3 is 14.6 Å². The number of hydrogen-bond acceptors (Lipinski definition) is 4. The van der Waals surface area contributed by atoms with Crippen molar-refractivity contribution < 1.29 is 14.3 Å². The maximum absolute atomic E-state index is 12.0. The van der Waals surface area contributed by atoms with Gasteiger partial charge in [-0.05, 0) is 44.4 Å². The monoisotopic (exact) mass is 331 g/mol. The lowest BCUT2D eigenvalue weighted by molar-refractivity contribution is -0.144. The molecule has 130 valence electrons. The Balaban J connectivity index is 2.84. The smallest absolute Gasteiger partial charge is 0.349 e. The third-order valence-corrected chi connectivity index (χ3v) is 3.61. The molecule has 1 aromatic heterocycles. The van der Waals surface area contributed by atoms with E-state index in [0.717, 1.165) is 36.3 Å². The number of nitriles is 1. The highest BCUT2D eigenvalue weighted by molar-refractivity contribution is 5.99. The Morgan fingerprint density at radius 3 is 2.62 bits per heavy atom. The standard InChI is InChI=1S/C18H25N3O3/c1-5-7-20-17(22)12-24-18(23)16(11-19)10-15-9-13(3)21(8-6-2)14(15)4/h9-10H,5-8,12H2,1-4H3,(H,20,22)/b16-10+. The summed E-state index contributed by atoms with van der Waals surface area (Å²) in [7, 11) is 0. The molecular formula is C18H25N3O3. The van der Waals surface area contributed by atoms with Crippen LogP contribution in [0.1, 0.15) is 43.6 Å². The van der Waals surface area contributed by atoms with Gasteiger partial charge in [-0.25, -0.2) is 4.79 Å². The molecular weight excluding hydrogens is 306 g/mol. The first-order valence-electron chi connectivity index (χ1n) is 8.16. The van der Waals surface area contributed by atoms with Crippen LogP contribution in [-0.4, -0.2) is 29.6 Å². The fourth-order valence-electron chi connectivity index (χ4n) is 2.36. The van der Waals surface area contributed by atoms with E-state index in [0.29, 0.717) is 6.54 Å². The first-order chi connectivity index (χ1) is 11.4. The van der Waals surface area contributed by atoms with Crippen molar-refractivity contribution in [3.05, 3.63) is 28.6 Å². The molecule has 0 saturated carbocycles. The van der Waals surface area contributed by atoms with Crippen molar-refractivity contribution in [3.63, 3.8) is 0 Å². The van der Waals surface area contributed by atoms with E-state index < -0.39 is 5.97 Å². The Morgan fingerprint density at radius 2 is 2.04 bits per heavy atom. The molecule has 0 aliphatic carbocycles. The van der Waals surface area contributed by atoms with Gasteiger partial charge in [0.2, 0.25) is 0 Å². The topological polar surface area (TPSA) is 84.1 Å². The van der Waals surface area contributed by atoms with E-state index in [-0.39, 0.29) is 18.1 Å². The molecule has 1 amide bonds. The Hall–Kier alpha value is -2.55. The summed E-state index contributed by atoms with van der Waals surface area (Å²) in [5.41, 5.74) is 2.76. The van der Waals surface area contributed by atoms with Crippen LogP contribution < -0.4 is 5.32 Å². The van der Waals surface area contributed by atoms with E-state index >= 15 is 0 Å². The fraction of sp³-hybridized carbons (Fsp3) is 0.500. The maximum atomic E-state index is 12.0. The Labute approximate surface area is 143 Å². The molecule has 1 heterocycles. The van der Waals surface area contributed by atoms with E-state index in [1.807, 2.05) is 32.9 Å². The fourth-order valence-corrected chi connectivity index (χ4v) is 2.36. The lowest BCUT2D eigenvalue weighted by atomic mass is 10.1. The average molecular weight is 331 g/mol. The first-order valence-corrected chi connectivity index (χ1v) is 8.16. The van der Waals surface area contributed by atoms with Crippen LogP contribution in [0.4, 0.5) is 0 Å². The normalized spacial score (nSPS) is 11.0. The van der Waals surface area contributed by atoms with Crippen LogP contribution in [0.25, 0.3) is 6.08 Å². The third-order valence-electron chi connectivity index (χ3n) is 3.61. The van der Waals surface area contributed by atoms with E-state index in [2.05, 4.69) is 16.8 Å². The van der Waals surface area contributed by atoms with Crippen LogP contribution in [0.3, 0.4) is 0 Å². The molecule has 6 heteroatoms. The van der Waals surface area contributed by atoms with Crippen LogP contribution >= 0.6 is 0 Å². The largest absolute Gasteiger partial charge is 0.451 e. The van der Waals surface area contributed by atoms with E-state index in [1.54, 1.807) is 0 Å². The molecule has 0 aliphatic rings. The van der Waals surface area contributed by atoms with Crippen molar-refractivity contribution in [3.8, 4) is 6.07 Å². The zero-order valence-corrected chi connectivity index (χ0v) is 14.8. The lowest BCUT2D eigenvalue weighted by Crippen LogP contribution is -2.29. The molecule has 0 spiro atoms. The van der Waals surface area contributed by atoms with Crippen molar-refractivity contribution in [1.82, 2.24) is 9.88 Å². The van der Waals surface area contributed by atoms with E-state index in [9.17, 15) is 14.9 Å². The first kappa shape index (κ1) is 19.5. The molecule has 0 aromatic carbocycles. The number of nitrogens with one attached hydrogen (secondary N) is 1. The van der Waals surface area contributed by atoms with Crippen LogP contribution in [0.5, 0.6) is 0 Å². The molecule has 0 aliphatic heterocycles. The average Bonchev–Trinajstić information content (AvgIpc) is 2.83. The van der Waals surface area contributed by atoms with Gasteiger partial charge in [0.1, 0.15) is 11.6 Å². The number of aryl methyl sites for hydroxylation is 1. The highest BCUT2D eigenvalue weighted by Crippen LogP contribution is 2.19. The molecule has 0 radical (unpaired) electrons. The minimum Gasteiger partial charge on any atom is -0.451 e. The van der Waals surface area contributed by atoms with Crippen LogP contribution in [0, 0.1) is 25.2 Å². The molecule has 6 nitrogen and oxygen atoms in total. The van der Waals surface area contributed by atoms with Gasteiger partial charge in [-0.15, -0.1) is 0 Å². The molecule has 0 fully saturated rings. The van der Waals surface area contributed by atoms with Gasteiger partial charge in [0, 0.05) is 24.5 Å². The van der Waals surface area contributed by atoms with Crippen LogP contribution in [-0.2, 0) is 20.9 Å². The summed E-state index contributed by atoms with van der Waals surface area (Å²) in [5.74, 6) is -1.16. The number of rotatable bonds is 8. The van der Waals surface area contributed by atoms with Crippen molar-refractivity contribution in [1.29, 1.82) is 5.26 Å². The predicted octanol–water partition coefficient (Wildman–Crippen LogP) is 2.49. The summed E-state index contributed by atoms with van der Waals surface area (Å²) in [5, 5.41) is 11.8. The Morgan fingerprint density at radius 1 is 1.33 bits per heavy atom. The number of nitrogens with zero attached hydrogens (tertiary/aromatic N) is 2. The summed E-state index contributed by atoms with van der Waals surface area (Å²) in [6, 6.07) is 3.78. The van der Waals surface area contributed by atoms with Crippen molar-refractivity contribution in [2.24, 2.45) is 0 Å². The van der Waals surface area contributed by atoms with Gasteiger partial charge in [0.15, 0.2) is 6.61 Å². The van der Waals surface area contributed by atoms with E-state index in [1.165, 1.54) is 6.08 Å². The summed E-state index contributed by atoms with van der Waals surface area (Å²) >= 11 is 0. The molecule has 1 rings (SSSR count). The van der Waals surface area contributed by atoms with Crippen LogP contribution in [0.2, 0.25) is 0 Å². The van der Waals surface area contributed by atoms with Gasteiger partial charge >= 0.3 is 5.97 Å². The van der Waals surface area contributed by atoms with Crippen molar-refractivity contribution in [2.75, 3.05) is 13.2 Å². The van der Waals surface area contributed by atoms with Crippen LogP contribution in [0.15, 0.2) is 11.6 Å². The van der Waals surface area contributed by atoms with Crippen molar-refractivity contribution >= 4 is 18.0 Å². The lowest BCUT2D eigenvalue weighted by Gasteiger charge is -2.07. The number of hydrogen-bond donors (Lipinski definition) is 1. The molecule has 0 atom stereocenters. The number of esters is 1. The summed E-state index contributed by atoms with van der Waals surface area (Å²) in [6.45, 7) is 8.99. The Bertz CT molecular complexity index is 666. The highest BCUT2D eigenvalue weighted by atomic mass is 16.5. The molecule has 0 unspecified atom stereocenters. The molecule has 0 saturated heterocycles. The summed E-state index contributed by atoms with van der Waals surface area (Å²) in [4.78, 5) is 23.4. The van der Waals surface area contributed by atoms with Gasteiger partial charge in [0.05, 0.1) is 0 Å². The predicted molar refractivity (Wildman–Crippen MR) is 92.0 cm³/mol. The van der Waals surface area contributed by atoms with Gasteiger partial charge in [-0.3, -0.25) is 4.79 Å². The van der Waals surface area contributed by atoms with Gasteiger partial charge in [-0.2, -0.15) is 5.26 Å². The zero-order valence-electron chi connectivity index (χ0n) is 14.8. The third kappa shape index (κ3) is 5.27. The number of carbonyl (C=O) groups is 2. The molecule has 24 heavy (non-hydrogen) atoms. The zero-order chi connectivity index (χ0) is 18.1. The minimum atomic E-state index is -0.788. The van der Waals surface area contributed by atoms with Gasteiger partial charge in [-0.1, -0.05) is 13.8 Å². The Kier molecular flexibility index (Phi) is 7.76. The molecule has 1 aromatic rings. The maximum Gasteiger partial charge on any atom is 0.349 e.